The first-order chi connectivity index (χ1) is 9.98. The number of aromatic nitrogens is 2. The molecular weight excluding hydrogens is 304 g/mol. The van der Waals surface area contributed by atoms with Gasteiger partial charge in [-0.25, -0.2) is 4.68 Å². The number of benzene rings is 1. The van der Waals surface area contributed by atoms with Gasteiger partial charge in [0.15, 0.2) is 28.6 Å². The molecule has 1 aromatic heterocycles. The van der Waals surface area contributed by atoms with Crippen molar-refractivity contribution < 1.29 is 46.0 Å². The van der Waals surface area contributed by atoms with Crippen molar-refractivity contribution in [3.63, 3.8) is 0 Å². The van der Waals surface area contributed by atoms with E-state index in [2.05, 4.69) is 5.10 Å². The number of aromatic hydroxyl groups is 6. The summed E-state index contributed by atoms with van der Waals surface area (Å²) in [5.74, 6) is -10.2. The van der Waals surface area contributed by atoms with E-state index in [0.29, 0.717) is 4.68 Å². The van der Waals surface area contributed by atoms with Gasteiger partial charge in [0.25, 0.3) is 0 Å². The average Bonchev–Trinajstić information content (AvgIpc) is 2.72. The van der Waals surface area contributed by atoms with Crippen LogP contribution in [0, 0.1) is 6.92 Å². The topological polar surface area (TPSA) is 200 Å². The third-order valence-corrected chi connectivity index (χ3v) is 2.96. The quantitative estimate of drug-likeness (QED) is 0.178. The second-order valence-corrected chi connectivity index (χ2v) is 4.42. The molecule has 9 N–H and O–H groups in total. The number of phenolic OH excluding ortho intramolecular Hbond substituents is 5. The first-order valence-corrected chi connectivity index (χ1v) is 5.63. The molecule has 0 aliphatic carbocycles. The monoisotopic (exact) mass is 316 g/mol. The molecule has 0 unspecified atom stereocenters. The smallest absolute Gasteiger partial charge is 0.328 e. The van der Waals surface area contributed by atoms with Crippen LogP contribution >= 0.6 is 0 Å². The molecule has 0 bridgehead atoms. The summed E-state index contributed by atoms with van der Waals surface area (Å²) < 4.78 is 0.506. The maximum Gasteiger partial charge on any atom is 0.328 e. The van der Waals surface area contributed by atoms with E-state index < -0.39 is 51.9 Å². The van der Waals surface area contributed by atoms with Gasteiger partial charge in [0.2, 0.25) is 17.2 Å². The van der Waals surface area contributed by atoms with E-state index in [-0.39, 0.29) is 5.69 Å². The predicted molar refractivity (Wildman–Crippen MR) is 66.6 cm³/mol. The van der Waals surface area contributed by atoms with Crippen LogP contribution in [0.1, 0.15) is 11.4 Å². The van der Waals surface area contributed by atoms with Gasteiger partial charge in [-0.1, -0.05) is 0 Å². The van der Waals surface area contributed by atoms with Crippen LogP contribution in [-0.4, -0.2) is 55.7 Å². The molecule has 11 nitrogen and oxygen atoms in total. The van der Waals surface area contributed by atoms with Crippen LogP contribution in [0.2, 0.25) is 0 Å². The Kier molecular flexibility index (Phi) is 3.21. The Balaban J connectivity index is 2.85. The lowest BCUT2D eigenvalue weighted by atomic mass is 10.2. The number of rotatable bonds is 2. The second kappa shape index (κ2) is 4.56. The molecule has 2 rings (SSSR count). The van der Waals surface area contributed by atoms with Crippen LogP contribution in [0.25, 0.3) is 5.69 Å². The zero-order valence-electron chi connectivity index (χ0n) is 10.9. The molecule has 0 spiro atoms. The van der Waals surface area contributed by atoms with Gasteiger partial charge in [0.05, 0.1) is 5.69 Å². The van der Waals surface area contributed by atoms with Gasteiger partial charge in [0, 0.05) is 0 Å². The van der Waals surface area contributed by atoms with E-state index in [0.717, 1.165) is 6.92 Å². The number of hydrogen-bond donors (Lipinski definition) is 9. The van der Waals surface area contributed by atoms with E-state index in [1.54, 1.807) is 0 Å². The molecule has 1 heterocycles. The molecule has 0 saturated heterocycles. The molecule has 22 heavy (non-hydrogen) atoms. The van der Waals surface area contributed by atoms with Crippen molar-refractivity contribution in [2.45, 2.75) is 12.9 Å². The van der Waals surface area contributed by atoms with E-state index in [4.69, 9.17) is 15.3 Å². The van der Waals surface area contributed by atoms with Gasteiger partial charge in [-0.05, 0) is 6.92 Å². The van der Waals surface area contributed by atoms with Crippen molar-refractivity contribution in [2.24, 2.45) is 0 Å². The van der Waals surface area contributed by atoms with Gasteiger partial charge in [-0.15, -0.1) is 0 Å². The molecule has 0 aliphatic heterocycles. The normalized spacial score (nSPS) is 11.8. The average molecular weight is 316 g/mol. The first kappa shape index (κ1) is 15.5. The van der Waals surface area contributed by atoms with Crippen LogP contribution in [0.5, 0.6) is 34.5 Å². The Morgan fingerprint density at radius 2 is 1.14 bits per heavy atom. The van der Waals surface area contributed by atoms with Crippen LogP contribution in [0.15, 0.2) is 0 Å². The number of phenols is 5. The minimum Gasteiger partial charge on any atom is -0.504 e. The van der Waals surface area contributed by atoms with Crippen LogP contribution in [0.4, 0.5) is 0 Å². The van der Waals surface area contributed by atoms with Gasteiger partial charge in [-0.3, -0.25) is 0 Å². The lowest BCUT2D eigenvalue weighted by Crippen LogP contribution is -2.24. The van der Waals surface area contributed by atoms with Gasteiger partial charge >= 0.3 is 5.97 Å². The van der Waals surface area contributed by atoms with Crippen molar-refractivity contribution in [3.05, 3.63) is 11.4 Å². The summed E-state index contributed by atoms with van der Waals surface area (Å²) in [4.78, 5) is 0. The second-order valence-electron chi connectivity index (χ2n) is 4.42. The van der Waals surface area contributed by atoms with Gasteiger partial charge in [0.1, 0.15) is 0 Å². The van der Waals surface area contributed by atoms with Crippen LogP contribution in [-0.2, 0) is 5.97 Å². The van der Waals surface area contributed by atoms with E-state index in [1.807, 2.05) is 0 Å². The highest BCUT2D eigenvalue weighted by Crippen LogP contribution is 2.52. The summed E-state index contributed by atoms with van der Waals surface area (Å²) in [5, 5.41) is 87.9. The third kappa shape index (κ3) is 2.00. The maximum atomic E-state index is 9.75. The van der Waals surface area contributed by atoms with Crippen molar-refractivity contribution in [1.82, 2.24) is 9.78 Å². The molecule has 0 amide bonds. The van der Waals surface area contributed by atoms with Crippen molar-refractivity contribution in [2.75, 3.05) is 0 Å². The van der Waals surface area contributed by atoms with Crippen LogP contribution < -0.4 is 0 Å². The number of hydrogen-bond acceptors (Lipinski definition) is 10. The van der Waals surface area contributed by atoms with Crippen molar-refractivity contribution in [1.29, 1.82) is 0 Å². The summed E-state index contributed by atoms with van der Waals surface area (Å²) in [7, 11) is 0. The number of nitrogens with zero attached hydrogens (tertiary/aromatic N) is 2. The summed E-state index contributed by atoms with van der Waals surface area (Å²) in [6.07, 6.45) is 0. The summed E-state index contributed by atoms with van der Waals surface area (Å²) in [6.45, 7) is 1.15. The molecule has 0 atom stereocenters. The standard InChI is InChI=1S/C11H12N2O9/c1-2-4(14)10(11(20,21)22)12-13(2)3-5(15)7(17)9(19)8(18)6(3)16/h14-22H,1H3. The minimum absolute atomic E-state index is 0.299. The highest BCUT2D eigenvalue weighted by Gasteiger charge is 2.34. The maximum absolute atomic E-state index is 9.75. The van der Waals surface area contributed by atoms with Crippen molar-refractivity contribution in [3.8, 4) is 40.2 Å². The minimum atomic E-state index is -3.52. The molecule has 0 radical (unpaired) electrons. The summed E-state index contributed by atoms with van der Waals surface area (Å²) >= 11 is 0. The Morgan fingerprint density at radius 1 is 0.727 bits per heavy atom. The molecule has 0 saturated carbocycles. The first-order valence-electron chi connectivity index (χ1n) is 5.63. The zero-order valence-corrected chi connectivity index (χ0v) is 10.9. The Labute approximate surface area is 121 Å². The summed E-state index contributed by atoms with van der Waals surface area (Å²) in [6, 6.07) is 0. The fourth-order valence-corrected chi connectivity index (χ4v) is 1.81. The van der Waals surface area contributed by atoms with Gasteiger partial charge in [-0.2, -0.15) is 5.10 Å². The fraction of sp³-hybridized carbons (Fsp3) is 0.182. The highest BCUT2D eigenvalue weighted by atomic mass is 16.7. The Morgan fingerprint density at radius 3 is 1.50 bits per heavy atom. The number of aliphatic hydroxyl groups is 3. The lowest BCUT2D eigenvalue weighted by Gasteiger charge is -2.13. The molecule has 120 valence electrons. The SMILES string of the molecule is Cc1c(O)c(C(O)(O)O)nn1-c1c(O)c(O)c(O)c(O)c1O. The molecule has 0 fully saturated rings. The Hall–Kier alpha value is -2.89. The van der Waals surface area contributed by atoms with E-state index >= 15 is 0 Å². The largest absolute Gasteiger partial charge is 0.504 e. The predicted octanol–water partition coefficient (Wildman–Crippen LogP) is -1.50. The Bertz CT molecular complexity index is 731. The fourth-order valence-electron chi connectivity index (χ4n) is 1.81. The molecule has 0 aliphatic rings. The van der Waals surface area contributed by atoms with E-state index in [9.17, 15) is 30.6 Å². The zero-order chi connectivity index (χ0) is 17.0. The molecular formula is C11H12N2O9. The lowest BCUT2D eigenvalue weighted by molar-refractivity contribution is -0.326. The van der Waals surface area contributed by atoms with Crippen molar-refractivity contribution >= 4 is 0 Å². The molecule has 2 aromatic rings. The molecule has 11 heteroatoms. The summed E-state index contributed by atoms with van der Waals surface area (Å²) in [5.41, 5.74) is -2.11. The molecule has 1 aromatic carbocycles. The van der Waals surface area contributed by atoms with Crippen LogP contribution in [0.3, 0.4) is 0 Å². The highest BCUT2D eigenvalue weighted by molar-refractivity contribution is 5.74. The van der Waals surface area contributed by atoms with E-state index in [1.165, 1.54) is 0 Å². The van der Waals surface area contributed by atoms with Gasteiger partial charge < -0.3 is 46.0 Å². The third-order valence-electron chi connectivity index (χ3n) is 2.96.